The minimum atomic E-state index is -1.27. The van der Waals surface area contributed by atoms with Crippen LogP contribution in [0.15, 0.2) is 28.7 Å². The van der Waals surface area contributed by atoms with E-state index >= 15 is 0 Å². The smallest absolute Gasteiger partial charge is 0.408 e. The first-order valence-electron chi connectivity index (χ1n) is 9.78. The maximum atomic E-state index is 13.7. The van der Waals surface area contributed by atoms with Gasteiger partial charge in [0.1, 0.15) is 22.9 Å². The molecule has 172 valence electrons. The summed E-state index contributed by atoms with van der Waals surface area (Å²) in [7, 11) is 0. The molecule has 1 aromatic carbocycles. The van der Waals surface area contributed by atoms with E-state index in [1.54, 1.807) is 26.8 Å². The molecule has 9 heteroatoms. The number of nitrogens with two attached hydrogens (primary N) is 1. The van der Waals surface area contributed by atoms with Crippen molar-refractivity contribution in [3.63, 3.8) is 0 Å². The van der Waals surface area contributed by atoms with Gasteiger partial charge in [0.2, 0.25) is 0 Å². The highest BCUT2D eigenvalue weighted by Crippen LogP contribution is 2.31. The maximum Gasteiger partial charge on any atom is 0.408 e. The predicted octanol–water partition coefficient (Wildman–Crippen LogP) is 4.64. The molecule has 6 nitrogen and oxygen atoms in total. The third kappa shape index (κ3) is 8.09. The molecule has 1 aromatic heterocycles. The lowest BCUT2D eigenvalue weighted by Crippen LogP contribution is -2.41. The topological polar surface area (TPSA) is 97.5 Å². The van der Waals surface area contributed by atoms with Gasteiger partial charge in [0, 0.05) is 22.5 Å². The molecule has 1 atom stereocenters. The Morgan fingerprint density at radius 2 is 1.81 bits per heavy atom. The number of halogens is 3. The van der Waals surface area contributed by atoms with E-state index in [2.05, 4.69) is 38.1 Å². The van der Waals surface area contributed by atoms with Crippen molar-refractivity contribution in [1.29, 1.82) is 0 Å². The van der Waals surface area contributed by atoms with Gasteiger partial charge >= 0.3 is 6.09 Å². The van der Waals surface area contributed by atoms with E-state index < -0.39 is 35.0 Å². The quantitative estimate of drug-likeness (QED) is 0.521. The third-order valence-electron chi connectivity index (χ3n) is 3.89. The number of rotatable bonds is 4. The largest absolute Gasteiger partial charge is 0.439 e. The molecule has 0 aliphatic rings. The zero-order chi connectivity index (χ0) is 24.3. The van der Waals surface area contributed by atoms with Gasteiger partial charge in [-0.3, -0.25) is 0 Å². The van der Waals surface area contributed by atoms with Crippen LogP contribution in [0.2, 0.25) is 0 Å². The lowest BCUT2D eigenvalue weighted by molar-refractivity contribution is 0.0884. The summed E-state index contributed by atoms with van der Waals surface area (Å²) in [4.78, 5) is 16.9. The molecule has 4 N–H and O–H groups in total. The first-order valence-corrected chi connectivity index (χ1v) is 10.6. The van der Waals surface area contributed by atoms with Crippen molar-refractivity contribution in [2.24, 2.45) is 0 Å². The van der Waals surface area contributed by atoms with Gasteiger partial charge < -0.3 is 20.9 Å². The number of aliphatic hydroxyl groups is 1. The van der Waals surface area contributed by atoms with Gasteiger partial charge in [-0.25, -0.2) is 18.6 Å². The van der Waals surface area contributed by atoms with Crippen molar-refractivity contribution in [3.05, 3.63) is 57.3 Å². The number of carbonyl (C=O) groups excluding carboxylic acids is 1. The minimum absolute atomic E-state index is 0.0554. The average molecular weight is 510 g/mol. The monoisotopic (exact) mass is 509 g/mol. The summed E-state index contributed by atoms with van der Waals surface area (Å²) in [6, 6.07) is 4.61. The van der Waals surface area contributed by atoms with Crippen LogP contribution in [0.3, 0.4) is 0 Å². The Morgan fingerprint density at radius 3 is 2.34 bits per heavy atom. The molecule has 0 saturated heterocycles. The van der Waals surface area contributed by atoms with Gasteiger partial charge in [0.05, 0.1) is 11.4 Å². The Morgan fingerprint density at radius 1 is 1.22 bits per heavy atom. The number of nitrogens with one attached hydrogen (secondary N) is 1. The van der Waals surface area contributed by atoms with E-state index in [4.69, 9.17) is 10.5 Å². The van der Waals surface area contributed by atoms with Gasteiger partial charge in [-0.05, 0) is 80.2 Å². The molecular weight excluding hydrogens is 484 g/mol. The standard InChI is InChI=1S/C23H26BrF2N3O3/c1-22(2,3)29-21(30)32-19(10-13-8-14(25)11-15(26)9-13)20-16(24)12-17(27)18(28-20)6-7-23(4,5)31/h8-9,11-12,19,31H,10,27H2,1-5H3,(H,29,30)/t19-/m0/s1. The first kappa shape index (κ1) is 25.6. The number of hydrogen-bond donors (Lipinski definition) is 3. The van der Waals surface area contributed by atoms with Gasteiger partial charge in [-0.15, -0.1) is 0 Å². The fraction of sp³-hybridized carbons (Fsp3) is 0.391. The van der Waals surface area contributed by atoms with Crippen LogP contribution in [-0.4, -0.2) is 27.3 Å². The average Bonchev–Trinajstić information content (AvgIpc) is 2.57. The van der Waals surface area contributed by atoms with E-state index in [1.165, 1.54) is 13.8 Å². The van der Waals surface area contributed by atoms with Crippen molar-refractivity contribution in [1.82, 2.24) is 10.3 Å². The van der Waals surface area contributed by atoms with Gasteiger partial charge in [-0.2, -0.15) is 0 Å². The Balaban J connectivity index is 2.52. The molecule has 1 amide bonds. The summed E-state index contributed by atoms with van der Waals surface area (Å²) in [5.74, 6) is 3.84. The molecule has 0 bridgehead atoms. The maximum absolute atomic E-state index is 13.7. The number of nitrogen functional groups attached to an aromatic ring is 1. The highest BCUT2D eigenvalue weighted by Gasteiger charge is 2.25. The molecule has 1 heterocycles. The summed E-state index contributed by atoms with van der Waals surface area (Å²) < 4.78 is 33.5. The highest BCUT2D eigenvalue weighted by molar-refractivity contribution is 9.10. The molecule has 0 fully saturated rings. The number of anilines is 1. The fourth-order valence-corrected chi connectivity index (χ4v) is 3.25. The second-order valence-electron chi connectivity index (χ2n) is 8.85. The van der Waals surface area contributed by atoms with Crippen molar-refractivity contribution in [3.8, 4) is 11.8 Å². The van der Waals surface area contributed by atoms with Crippen LogP contribution in [0.25, 0.3) is 0 Å². The second-order valence-corrected chi connectivity index (χ2v) is 9.71. The number of nitrogens with zero attached hydrogens (tertiary/aromatic N) is 1. The van der Waals surface area contributed by atoms with E-state index in [9.17, 15) is 18.7 Å². The summed E-state index contributed by atoms with van der Waals surface area (Å²) in [5.41, 5.74) is 5.09. The zero-order valence-electron chi connectivity index (χ0n) is 18.5. The molecule has 0 saturated carbocycles. The molecule has 32 heavy (non-hydrogen) atoms. The van der Waals surface area contributed by atoms with Crippen LogP contribution in [0.4, 0.5) is 19.3 Å². The number of alkyl carbamates (subject to hydrolysis) is 1. The minimum Gasteiger partial charge on any atom is -0.439 e. The molecule has 2 rings (SSSR count). The number of hydrogen-bond acceptors (Lipinski definition) is 5. The van der Waals surface area contributed by atoms with Crippen molar-refractivity contribution < 1.29 is 23.4 Å². The summed E-state index contributed by atoms with van der Waals surface area (Å²) in [6.07, 6.45) is -1.80. The number of pyridine rings is 1. The lowest BCUT2D eigenvalue weighted by Gasteiger charge is -2.24. The van der Waals surface area contributed by atoms with Crippen molar-refractivity contribution in [2.45, 2.75) is 58.3 Å². The number of benzene rings is 1. The summed E-state index contributed by atoms with van der Waals surface area (Å²) in [5, 5.41) is 12.6. The molecular formula is C23H26BrF2N3O3. The van der Waals surface area contributed by atoms with Gasteiger partial charge in [-0.1, -0.05) is 5.92 Å². The number of carbonyl (C=O) groups is 1. The number of ether oxygens (including phenoxy) is 1. The van der Waals surface area contributed by atoms with E-state index in [0.717, 1.165) is 18.2 Å². The van der Waals surface area contributed by atoms with Crippen LogP contribution in [0.1, 0.15) is 57.7 Å². The van der Waals surface area contributed by atoms with Crippen molar-refractivity contribution in [2.75, 3.05) is 5.73 Å². The zero-order valence-corrected chi connectivity index (χ0v) is 20.1. The molecule has 0 spiro atoms. The van der Waals surface area contributed by atoms with Gasteiger partial charge in [0.15, 0.2) is 6.10 Å². The highest BCUT2D eigenvalue weighted by atomic mass is 79.9. The molecule has 2 aromatic rings. The molecule has 0 aliphatic heterocycles. The Kier molecular flexibility index (Phi) is 7.86. The number of aromatic nitrogens is 1. The van der Waals surface area contributed by atoms with Crippen LogP contribution in [0, 0.1) is 23.5 Å². The van der Waals surface area contributed by atoms with E-state index in [0.29, 0.717) is 4.47 Å². The van der Waals surface area contributed by atoms with Crippen LogP contribution in [0.5, 0.6) is 0 Å². The van der Waals surface area contributed by atoms with Gasteiger partial charge in [0.25, 0.3) is 0 Å². The summed E-state index contributed by atoms with van der Waals surface area (Å²) in [6.45, 7) is 8.38. The van der Waals surface area contributed by atoms with Crippen molar-refractivity contribution >= 4 is 27.7 Å². The third-order valence-corrected chi connectivity index (χ3v) is 4.53. The number of amides is 1. The van der Waals surface area contributed by atoms with E-state index in [-0.39, 0.29) is 29.1 Å². The van der Waals surface area contributed by atoms with Crippen LogP contribution >= 0.6 is 15.9 Å². The Labute approximate surface area is 194 Å². The van der Waals surface area contributed by atoms with Crippen LogP contribution < -0.4 is 11.1 Å². The molecule has 0 unspecified atom stereocenters. The van der Waals surface area contributed by atoms with Crippen LogP contribution in [-0.2, 0) is 11.2 Å². The summed E-state index contributed by atoms with van der Waals surface area (Å²) >= 11 is 3.37. The SMILES string of the molecule is CC(C)(O)C#Cc1nc([C@H](Cc2cc(F)cc(F)c2)OC(=O)NC(C)(C)C)c(Br)cc1N. The van der Waals surface area contributed by atoms with E-state index in [1.807, 2.05) is 0 Å². The fourth-order valence-electron chi connectivity index (χ4n) is 2.66. The normalized spacial score (nSPS) is 12.5. The second kappa shape index (κ2) is 9.84. The Hall–Kier alpha value is -2.70. The molecule has 0 aliphatic carbocycles. The predicted molar refractivity (Wildman–Crippen MR) is 122 cm³/mol. The molecule has 0 radical (unpaired) electrons. The lowest BCUT2D eigenvalue weighted by atomic mass is 10.0. The first-order chi connectivity index (χ1) is 14.6. The Bertz CT molecular complexity index is 1050.